The van der Waals surface area contributed by atoms with Crippen LogP contribution in [0, 0.1) is 18.8 Å². The van der Waals surface area contributed by atoms with Gasteiger partial charge in [0.05, 0.1) is 0 Å². The Balaban J connectivity index is 1.53. The lowest BCUT2D eigenvalue weighted by Gasteiger charge is -2.35. The predicted molar refractivity (Wildman–Crippen MR) is 87.4 cm³/mol. The summed E-state index contributed by atoms with van der Waals surface area (Å²) in [7, 11) is 0. The van der Waals surface area contributed by atoms with Crippen molar-refractivity contribution < 1.29 is 0 Å². The van der Waals surface area contributed by atoms with E-state index in [9.17, 15) is 0 Å². The smallest absolute Gasteiger partial charge is 0.0197 e. The number of rotatable bonds is 4. The van der Waals surface area contributed by atoms with Gasteiger partial charge in [0.25, 0.3) is 0 Å². The van der Waals surface area contributed by atoms with Crippen molar-refractivity contribution in [2.24, 2.45) is 11.8 Å². The zero-order chi connectivity index (χ0) is 14.2. The SMILES string of the molecule is Cc1ccc(SCCN2CC3CNCC3C2(C)C)cc1. The number of nitrogens with one attached hydrogen (secondary N) is 1. The summed E-state index contributed by atoms with van der Waals surface area (Å²) in [6.45, 7) is 11.9. The highest BCUT2D eigenvalue weighted by molar-refractivity contribution is 7.99. The molecule has 0 bridgehead atoms. The van der Waals surface area contributed by atoms with Crippen LogP contribution in [-0.4, -0.2) is 42.4 Å². The quantitative estimate of drug-likeness (QED) is 0.858. The number of likely N-dealkylation sites (tertiary alicyclic amines) is 1. The van der Waals surface area contributed by atoms with Gasteiger partial charge in [-0.1, -0.05) is 17.7 Å². The van der Waals surface area contributed by atoms with Gasteiger partial charge in [0.1, 0.15) is 0 Å². The molecular weight excluding hydrogens is 264 g/mol. The Bertz CT molecular complexity index is 455. The van der Waals surface area contributed by atoms with Gasteiger partial charge < -0.3 is 5.32 Å². The molecule has 2 aliphatic heterocycles. The summed E-state index contributed by atoms with van der Waals surface area (Å²) in [4.78, 5) is 4.11. The van der Waals surface area contributed by atoms with E-state index in [-0.39, 0.29) is 0 Å². The number of aryl methyl sites for hydroxylation is 1. The van der Waals surface area contributed by atoms with Crippen molar-refractivity contribution >= 4 is 11.8 Å². The van der Waals surface area contributed by atoms with E-state index in [2.05, 4.69) is 55.3 Å². The Morgan fingerprint density at radius 1 is 1.25 bits per heavy atom. The maximum absolute atomic E-state index is 3.56. The first kappa shape index (κ1) is 14.4. The molecule has 110 valence electrons. The number of thioether (sulfide) groups is 1. The van der Waals surface area contributed by atoms with Crippen LogP contribution in [-0.2, 0) is 0 Å². The lowest BCUT2D eigenvalue weighted by Crippen LogP contribution is -2.45. The summed E-state index contributed by atoms with van der Waals surface area (Å²) in [5, 5.41) is 3.56. The van der Waals surface area contributed by atoms with Crippen LogP contribution in [0.15, 0.2) is 29.2 Å². The van der Waals surface area contributed by atoms with Gasteiger partial charge in [-0.15, -0.1) is 11.8 Å². The summed E-state index contributed by atoms with van der Waals surface area (Å²) >= 11 is 1.99. The van der Waals surface area contributed by atoms with Crippen molar-refractivity contribution in [1.29, 1.82) is 0 Å². The summed E-state index contributed by atoms with van der Waals surface area (Å²) in [6.07, 6.45) is 0. The molecule has 2 fully saturated rings. The minimum atomic E-state index is 0.363. The normalized spacial score (nSPS) is 28.8. The van der Waals surface area contributed by atoms with Gasteiger partial charge in [-0.05, 0) is 51.3 Å². The lowest BCUT2D eigenvalue weighted by atomic mass is 9.85. The standard InChI is InChI=1S/C17H26N2S/c1-13-4-6-15(7-5-13)20-9-8-19-12-14-10-18-11-16(14)17(19,2)3/h4-7,14,16,18H,8-12H2,1-3H3. The average Bonchev–Trinajstić information content (AvgIpc) is 2.96. The maximum Gasteiger partial charge on any atom is 0.0197 e. The van der Waals surface area contributed by atoms with E-state index in [4.69, 9.17) is 0 Å². The molecule has 2 heterocycles. The van der Waals surface area contributed by atoms with E-state index >= 15 is 0 Å². The molecule has 0 radical (unpaired) electrons. The highest BCUT2D eigenvalue weighted by atomic mass is 32.2. The van der Waals surface area contributed by atoms with Gasteiger partial charge in [0.15, 0.2) is 0 Å². The predicted octanol–water partition coefficient (Wildman–Crippen LogP) is 3.02. The lowest BCUT2D eigenvalue weighted by molar-refractivity contribution is 0.149. The van der Waals surface area contributed by atoms with Gasteiger partial charge in [0.2, 0.25) is 0 Å². The van der Waals surface area contributed by atoms with Crippen LogP contribution in [0.5, 0.6) is 0 Å². The van der Waals surface area contributed by atoms with Crippen molar-refractivity contribution in [3.8, 4) is 0 Å². The third-order valence-electron chi connectivity index (χ3n) is 5.17. The van der Waals surface area contributed by atoms with E-state index in [0.29, 0.717) is 5.54 Å². The molecule has 0 spiro atoms. The van der Waals surface area contributed by atoms with E-state index in [0.717, 1.165) is 11.8 Å². The average molecular weight is 290 g/mol. The number of hydrogen-bond acceptors (Lipinski definition) is 3. The number of fused-ring (bicyclic) bond motifs is 1. The summed E-state index contributed by atoms with van der Waals surface area (Å²) in [5.41, 5.74) is 1.71. The van der Waals surface area contributed by atoms with Gasteiger partial charge >= 0.3 is 0 Å². The van der Waals surface area contributed by atoms with Gasteiger partial charge in [0, 0.05) is 35.8 Å². The molecule has 2 saturated heterocycles. The Morgan fingerprint density at radius 3 is 2.70 bits per heavy atom. The van der Waals surface area contributed by atoms with Crippen molar-refractivity contribution in [2.45, 2.75) is 31.2 Å². The van der Waals surface area contributed by atoms with Crippen molar-refractivity contribution in [2.75, 3.05) is 31.9 Å². The van der Waals surface area contributed by atoms with Crippen LogP contribution >= 0.6 is 11.8 Å². The highest BCUT2D eigenvalue weighted by Gasteiger charge is 2.48. The first-order valence-electron chi connectivity index (χ1n) is 7.72. The summed E-state index contributed by atoms with van der Waals surface area (Å²) < 4.78 is 0. The van der Waals surface area contributed by atoms with Crippen molar-refractivity contribution in [1.82, 2.24) is 10.2 Å². The first-order valence-corrected chi connectivity index (χ1v) is 8.71. The topological polar surface area (TPSA) is 15.3 Å². The third kappa shape index (κ3) is 2.76. The molecule has 2 aliphatic rings. The fourth-order valence-electron chi connectivity index (χ4n) is 3.79. The molecular formula is C17H26N2S. The van der Waals surface area contributed by atoms with E-state index < -0.39 is 0 Å². The number of nitrogens with zero attached hydrogens (tertiary/aromatic N) is 1. The third-order valence-corrected chi connectivity index (χ3v) is 6.16. The number of benzene rings is 1. The molecule has 2 nitrogen and oxygen atoms in total. The minimum absolute atomic E-state index is 0.363. The van der Waals surface area contributed by atoms with Crippen LogP contribution < -0.4 is 5.32 Å². The van der Waals surface area contributed by atoms with Crippen LogP contribution in [0.4, 0.5) is 0 Å². The molecule has 1 N–H and O–H groups in total. The minimum Gasteiger partial charge on any atom is -0.316 e. The molecule has 2 atom stereocenters. The van der Waals surface area contributed by atoms with Gasteiger partial charge in [-0.25, -0.2) is 0 Å². The second-order valence-corrected chi connectivity index (χ2v) is 7.95. The van der Waals surface area contributed by atoms with E-state index in [1.807, 2.05) is 11.8 Å². The largest absolute Gasteiger partial charge is 0.316 e. The highest BCUT2D eigenvalue weighted by Crippen LogP contribution is 2.40. The number of hydrogen-bond donors (Lipinski definition) is 1. The fraction of sp³-hybridized carbons (Fsp3) is 0.647. The Hall–Kier alpha value is -0.510. The molecule has 0 aromatic heterocycles. The zero-order valence-electron chi connectivity index (χ0n) is 12.9. The van der Waals surface area contributed by atoms with Gasteiger partial charge in [-0.2, -0.15) is 0 Å². The van der Waals surface area contributed by atoms with Crippen molar-refractivity contribution in [3.63, 3.8) is 0 Å². The van der Waals surface area contributed by atoms with Crippen LogP contribution in [0.2, 0.25) is 0 Å². The summed E-state index contributed by atoms with van der Waals surface area (Å²) in [5.74, 6) is 2.90. The van der Waals surface area contributed by atoms with Crippen molar-refractivity contribution in [3.05, 3.63) is 29.8 Å². The monoisotopic (exact) mass is 290 g/mol. The maximum atomic E-state index is 3.56. The second kappa shape index (κ2) is 5.70. The zero-order valence-corrected chi connectivity index (χ0v) is 13.7. The molecule has 3 heteroatoms. The molecule has 2 unspecified atom stereocenters. The van der Waals surface area contributed by atoms with Crippen LogP contribution in [0.25, 0.3) is 0 Å². The first-order chi connectivity index (χ1) is 9.57. The molecule has 0 amide bonds. The molecule has 0 saturated carbocycles. The molecule has 20 heavy (non-hydrogen) atoms. The van der Waals surface area contributed by atoms with Crippen LogP contribution in [0.1, 0.15) is 19.4 Å². The Labute approximate surface area is 127 Å². The summed E-state index contributed by atoms with van der Waals surface area (Å²) in [6, 6.07) is 8.90. The fourth-order valence-corrected chi connectivity index (χ4v) is 4.67. The molecule has 3 rings (SSSR count). The molecule has 0 aliphatic carbocycles. The van der Waals surface area contributed by atoms with E-state index in [1.165, 1.54) is 42.4 Å². The second-order valence-electron chi connectivity index (χ2n) is 6.79. The van der Waals surface area contributed by atoms with Crippen LogP contribution in [0.3, 0.4) is 0 Å². The van der Waals surface area contributed by atoms with Gasteiger partial charge in [-0.3, -0.25) is 4.90 Å². The van der Waals surface area contributed by atoms with E-state index in [1.54, 1.807) is 0 Å². The Morgan fingerprint density at radius 2 is 2.00 bits per heavy atom. The Kier molecular flexibility index (Phi) is 4.11. The molecule has 1 aromatic carbocycles. The molecule has 1 aromatic rings.